The molecule has 0 bridgehead atoms. The molecule has 0 spiro atoms. The lowest BCUT2D eigenvalue weighted by Crippen LogP contribution is -2.06. The molecule has 1 aromatic carbocycles. The molecule has 3 heteroatoms. The molecule has 1 N–H and O–H groups in total. The summed E-state index contributed by atoms with van der Waals surface area (Å²) in [5, 5.41) is 8.64. The second-order valence-electron chi connectivity index (χ2n) is 2.47. The van der Waals surface area contributed by atoms with Crippen molar-refractivity contribution in [2.75, 3.05) is 0 Å². The number of rotatable bonds is 2. The third kappa shape index (κ3) is 6.43. The molecule has 0 saturated carbocycles. The molecule has 0 saturated heterocycles. The summed E-state index contributed by atoms with van der Waals surface area (Å²) in [7, 11) is 0. The molecule has 0 amide bonds. The maximum atomic E-state index is 10.5. The molecule has 0 aliphatic carbocycles. The maximum absolute atomic E-state index is 10.5. The summed E-state index contributed by atoms with van der Waals surface area (Å²) in [6, 6.07) is 9.19. The van der Waals surface area contributed by atoms with E-state index in [1.807, 2.05) is 51.0 Å². The Morgan fingerprint density at radius 2 is 1.60 bits per heavy atom. The first-order valence-electron chi connectivity index (χ1n) is 4.78. The maximum Gasteiger partial charge on any atom is 0.310 e. The van der Waals surface area contributed by atoms with Crippen molar-refractivity contribution in [3.05, 3.63) is 35.9 Å². The summed E-state index contributed by atoms with van der Waals surface area (Å²) < 4.78 is 0. The predicted octanol–water partition coefficient (Wildman–Crippen LogP) is 2.72. The van der Waals surface area contributed by atoms with Crippen LogP contribution in [0.15, 0.2) is 30.3 Å². The molecule has 0 aliphatic rings. The Kier molecular flexibility index (Phi) is 11.0. The average molecular weight is 210 g/mol. The van der Waals surface area contributed by atoms with Crippen molar-refractivity contribution >= 4 is 12.8 Å². The van der Waals surface area contributed by atoms with Gasteiger partial charge < -0.3 is 9.90 Å². The van der Waals surface area contributed by atoms with Gasteiger partial charge in [0.15, 0.2) is 0 Å². The third-order valence-corrected chi connectivity index (χ3v) is 1.67. The van der Waals surface area contributed by atoms with Gasteiger partial charge in [0.05, 0.1) is 5.92 Å². The van der Waals surface area contributed by atoms with Crippen molar-refractivity contribution < 1.29 is 14.7 Å². The van der Waals surface area contributed by atoms with Gasteiger partial charge in [-0.3, -0.25) is 4.79 Å². The normalized spacial score (nSPS) is 9.80. The minimum Gasteiger partial charge on any atom is -0.481 e. The molecule has 84 valence electrons. The van der Waals surface area contributed by atoms with Gasteiger partial charge in [0.25, 0.3) is 0 Å². The predicted molar refractivity (Wildman–Crippen MR) is 61.0 cm³/mol. The highest BCUT2D eigenvalue weighted by Gasteiger charge is 2.11. The van der Waals surface area contributed by atoms with E-state index in [0.29, 0.717) is 0 Å². The Hall–Kier alpha value is -1.64. The number of carboxylic acid groups (broad SMARTS) is 1. The van der Waals surface area contributed by atoms with Gasteiger partial charge in [-0.05, 0) is 12.5 Å². The topological polar surface area (TPSA) is 54.4 Å². The number of carbonyl (C=O) groups excluding carboxylic acids is 1. The zero-order valence-electron chi connectivity index (χ0n) is 9.43. The summed E-state index contributed by atoms with van der Waals surface area (Å²) in [4.78, 5) is 18.5. The molecular formula is C12H18O3. The van der Waals surface area contributed by atoms with Crippen molar-refractivity contribution in [2.45, 2.75) is 26.7 Å². The van der Waals surface area contributed by atoms with Gasteiger partial charge in [-0.2, -0.15) is 0 Å². The van der Waals surface area contributed by atoms with Gasteiger partial charge in [-0.25, -0.2) is 0 Å². The lowest BCUT2D eigenvalue weighted by molar-refractivity contribution is -0.138. The van der Waals surface area contributed by atoms with Crippen molar-refractivity contribution in [2.24, 2.45) is 0 Å². The van der Waals surface area contributed by atoms with Gasteiger partial charge in [0, 0.05) is 0 Å². The van der Waals surface area contributed by atoms with Crippen molar-refractivity contribution in [3.8, 4) is 0 Å². The molecule has 0 heterocycles. The van der Waals surface area contributed by atoms with E-state index in [1.54, 1.807) is 6.92 Å². The van der Waals surface area contributed by atoms with Crippen molar-refractivity contribution in [3.63, 3.8) is 0 Å². The molecule has 0 aromatic heterocycles. The van der Waals surface area contributed by atoms with E-state index in [4.69, 9.17) is 9.90 Å². The highest BCUT2D eigenvalue weighted by Crippen LogP contribution is 2.13. The first-order valence-corrected chi connectivity index (χ1v) is 4.78. The van der Waals surface area contributed by atoms with Crippen LogP contribution in [0.3, 0.4) is 0 Å². The molecule has 3 nitrogen and oxygen atoms in total. The smallest absolute Gasteiger partial charge is 0.310 e. The Morgan fingerprint density at radius 3 is 1.93 bits per heavy atom. The summed E-state index contributed by atoms with van der Waals surface area (Å²) in [5.41, 5.74) is 0.847. The number of aliphatic carboxylic acids is 1. The van der Waals surface area contributed by atoms with Crippen molar-refractivity contribution in [1.82, 2.24) is 0 Å². The molecule has 1 unspecified atom stereocenters. The number of hydrogen-bond acceptors (Lipinski definition) is 2. The van der Waals surface area contributed by atoms with Crippen LogP contribution in [0.4, 0.5) is 0 Å². The van der Waals surface area contributed by atoms with Crippen LogP contribution in [0.1, 0.15) is 32.3 Å². The lowest BCUT2D eigenvalue weighted by atomic mass is 10.0. The zero-order chi connectivity index (χ0) is 12.3. The Bertz CT molecular complexity index is 257. The summed E-state index contributed by atoms with van der Waals surface area (Å²) in [5.74, 6) is -1.19. The molecule has 1 atom stereocenters. The third-order valence-electron chi connectivity index (χ3n) is 1.67. The molecule has 15 heavy (non-hydrogen) atoms. The molecular weight excluding hydrogens is 192 g/mol. The Labute approximate surface area is 90.7 Å². The number of hydrogen-bond donors (Lipinski definition) is 1. The first kappa shape index (κ1) is 15.8. The van der Waals surface area contributed by atoms with Crippen molar-refractivity contribution in [1.29, 1.82) is 0 Å². The average Bonchev–Trinajstić information content (AvgIpc) is 2.34. The van der Waals surface area contributed by atoms with Gasteiger partial charge in [-0.15, -0.1) is 0 Å². The highest BCUT2D eigenvalue weighted by molar-refractivity contribution is 5.75. The highest BCUT2D eigenvalue weighted by atomic mass is 16.4. The standard InChI is InChI=1S/C9H10O2.C2H6.CH2O/c1-7(9(10)11)8-5-3-2-4-6-8;2*1-2/h2-7H,1H3,(H,10,11);1-2H3;1H2. The molecule has 1 aromatic rings. The fourth-order valence-corrected chi connectivity index (χ4v) is 0.884. The SMILES string of the molecule is C=O.CC.CC(C(=O)O)c1ccccc1. The van der Waals surface area contributed by atoms with E-state index in [9.17, 15) is 4.79 Å². The quantitative estimate of drug-likeness (QED) is 0.816. The van der Waals surface area contributed by atoms with E-state index in [-0.39, 0.29) is 0 Å². The van der Waals surface area contributed by atoms with Crippen LogP contribution >= 0.6 is 0 Å². The number of carbonyl (C=O) groups is 2. The fraction of sp³-hybridized carbons (Fsp3) is 0.333. The van der Waals surface area contributed by atoms with E-state index in [2.05, 4.69) is 0 Å². The monoisotopic (exact) mass is 210 g/mol. The summed E-state index contributed by atoms with van der Waals surface area (Å²) in [6.45, 7) is 7.68. The molecule has 1 rings (SSSR count). The zero-order valence-corrected chi connectivity index (χ0v) is 9.43. The molecule has 0 aliphatic heterocycles. The Balaban J connectivity index is 0. The minimum absolute atomic E-state index is 0.406. The van der Waals surface area contributed by atoms with Crippen LogP contribution in [0.2, 0.25) is 0 Å². The van der Waals surface area contributed by atoms with E-state index < -0.39 is 11.9 Å². The van der Waals surface area contributed by atoms with E-state index in [1.165, 1.54) is 0 Å². The minimum atomic E-state index is -0.781. The second kappa shape index (κ2) is 10.4. The molecule has 0 radical (unpaired) electrons. The van der Waals surface area contributed by atoms with Crippen LogP contribution in [0.5, 0.6) is 0 Å². The van der Waals surface area contributed by atoms with Gasteiger partial charge in [0.2, 0.25) is 0 Å². The number of carboxylic acids is 1. The van der Waals surface area contributed by atoms with Crippen LogP contribution in [-0.4, -0.2) is 17.9 Å². The van der Waals surface area contributed by atoms with Crippen LogP contribution < -0.4 is 0 Å². The lowest BCUT2D eigenvalue weighted by Gasteiger charge is -2.04. The van der Waals surface area contributed by atoms with E-state index >= 15 is 0 Å². The van der Waals surface area contributed by atoms with E-state index in [0.717, 1.165) is 5.56 Å². The van der Waals surface area contributed by atoms with Crippen LogP contribution in [0, 0.1) is 0 Å². The summed E-state index contributed by atoms with van der Waals surface area (Å²) in [6.07, 6.45) is 0. The van der Waals surface area contributed by atoms with Gasteiger partial charge in [0.1, 0.15) is 6.79 Å². The number of benzene rings is 1. The summed E-state index contributed by atoms with van der Waals surface area (Å²) >= 11 is 0. The van der Waals surface area contributed by atoms with Gasteiger partial charge >= 0.3 is 5.97 Å². The van der Waals surface area contributed by atoms with Crippen LogP contribution in [-0.2, 0) is 9.59 Å². The first-order chi connectivity index (χ1) is 7.22. The van der Waals surface area contributed by atoms with Crippen LogP contribution in [0.25, 0.3) is 0 Å². The molecule has 0 fully saturated rings. The largest absolute Gasteiger partial charge is 0.481 e. The fourth-order valence-electron chi connectivity index (χ4n) is 0.884. The van der Waals surface area contributed by atoms with Gasteiger partial charge in [-0.1, -0.05) is 44.2 Å². The second-order valence-corrected chi connectivity index (χ2v) is 2.47. The Morgan fingerprint density at radius 1 is 1.20 bits per heavy atom.